The van der Waals surface area contributed by atoms with E-state index < -0.39 is 0 Å². The monoisotopic (exact) mass is 286 g/mol. The van der Waals surface area contributed by atoms with Gasteiger partial charge in [0.05, 0.1) is 6.10 Å². The van der Waals surface area contributed by atoms with Crippen LogP contribution in [0.2, 0.25) is 0 Å². The van der Waals surface area contributed by atoms with Gasteiger partial charge in [-0.05, 0) is 31.2 Å². The molecule has 112 valence electrons. The number of benzene rings is 1. The Hall–Kier alpha value is -1.81. The highest BCUT2D eigenvalue weighted by Crippen LogP contribution is 2.27. The van der Waals surface area contributed by atoms with Crippen LogP contribution >= 0.6 is 0 Å². The van der Waals surface area contributed by atoms with Crippen molar-refractivity contribution in [3.63, 3.8) is 0 Å². The van der Waals surface area contributed by atoms with E-state index in [0.717, 1.165) is 25.7 Å². The first-order valence-corrected chi connectivity index (χ1v) is 7.70. The minimum Gasteiger partial charge on any atom is -0.373 e. The average molecular weight is 286 g/mol. The lowest BCUT2D eigenvalue weighted by Crippen LogP contribution is -2.47. The number of rotatable bonds is 3. The van der Waals surface area contributed by atoms with Crippen LogP contribution in [0.25, 0.3) is 0 Å². The summed E-state index contributed by atoms with van der Waals surface area (Å²) in [4.78, 5) is 12.0. The molecule has 1 aliphatic heterocycles. The summed E-state index contributed by atoms with van der Waals surface area (Å²) in [6.45, 7) is 0.690. The van der Waals surface area contributed by atoms with Crippen molar-refractivity contribution in [3.05, 3.63) is 48.0 Å². The van der Waals surface area contributed by atoms with Gasteiger partial charge in [0, 0.05) is 18.7 Å². The predicted octanol–water partition coefficient (Wildman–Crippen LogP) is 2.92. The number of amides is 2. The molecule has 0 unspecified atom stereocenters. The molecule has 2 N–H and O–H groups in total. The maximum absolute atomic E-state index is 12.0. The lowest BCUT2D eigenvalue weighted by Gasteiger charge is -2.30. The third-order valence-corrected chi connectivity index (χ3v) is 4.13. The lowest BCUT2D eigenvalue weighted by atomic mass is 9.97. The Morgan fingerprint density at radius 2 is 1.76 bits per heavy atom. The summed E-state index contributed by atoms with van der Waals surface area (Å²) >= 11 is 0. The quantitative estimate of drug-likeness (QED) is 0.839. The third-order valence-electron chi connectivity index (χ3n) is 4.13. The highest BCUT2D eigenvalue weighted by molar-refractivity contribution is 5.74. The molecule has 1 aromatic carbocycles. The van der Waals surface area contributed by atoms with Crippen molar-refractivity contribution in [2.45, 2.75) is 43.9 Å². The Morgan fingerprint density at radius 1 is 1.05 bits per heavy atom. The molecular formula is C17H22N2O2. The molecule has 2 atom stereocenters. The minimum absolute atomic E-state index is 0.0533. The van der Waals surface area contributed by atoms with Crippen LogP contribution in [0.4, 0.5) is 4.79 Å². The number of urea groups is 1. The normalized spacial score (nSPS) is 25.7. The zero-order valence-electron chi connectivity index (χ0n) is 12.1. The van der Waals surface area contributed by atoms with Gasteiger partial charge < -0.3 is 15.4 Å². The molecule has 0 spiro atoms. The van der Waals surface area contributed by atoms with Gasteiger partial charge >= 0.3 is 6.03 Å². The zero-order valence-corrected chi connectivity index (χ0v) is 12.1. The first-order chi connectivity index (χ1) is 10.3. The van der Waals surface area contributed by atoms with E-state index in [2.05, 4.69) is 34.9 Å². The molecule has 0 saturated carbocycles. The molecule has 0 radical (unpaired) electrons. The molecule has 0 bridgehead atoms. The lowest BCUT2D eigenvalue weighted by molar-refractivity contribution is 0.00222. The van der Waals surface area contributed by atoms with Gasteiger partial charge in [0.25, 0.3) is 0 Å². The van der Waals surface area contributed by atoms with Crippen LogP contribution in [0.1, 0.15) is 37.4 Å². The Kier molecular flexibility index (Phi) is 4.55. The Balaban J connectivity index is 1.50. The van der Waals surface area contributed by atoms with E-state index in [-0.39, 0.29) is 24.2 Å². The van der Waals surface area contributed by atoms with Gasteiger partial charge in [-0.2, -0.15) is 0 Å². The van der Waals surface area contributed by atoms with Crippen LogP contribution in [-0.4, -0.2) is 24.7 Å². The molecule has 21 heavy (non-hydrogen) atoms. The predicted molar refractivity (Wildman–Crippen MR) is 82.0 cm³/mol. The maximum atomic E-state index is 12.0. The van der Waals surface area contributed by atoms with Gasteiger partial charge in [0.15, 0.2) is 0 Å². The van der Waals surface area contributed by atoms with Gasteiger partial charge in [-0.25, -0.2) is 4.79 Å². The van der Waals surface area contributed by atoms with Crippen molar-refractivity contribution in [3.8, 4) is 0 Å². The largest absolute Gasteiger partial charge is 0.373 e. The van der Waals surface area contributed by atoms with Crippen molar-refractivity contribution in [2.75, 3.05) is 6.61 Å². The summed E-state index contributed by atoms with van der Waals surface area (Å²) in [6.07, 6.45) is 7.90. The summed E-state index contributed by atoms with van der Waals surface area (Å²) in [6, 6.07) is 10.6. The fraction of sp³-hybridized carbons (Fsp3) is 0.471. The van der Waals surface area contributed by atoms with Gasteiger partial charge in [0.1, 0.15) is 0 Å². The van der Waals surface area contributed by atoms with E-state index in [9.17, 15) is 4.79 Å². The van der Waals surface area contributed by atoms with E-state index in [1.807, 2.05) is 18.2 Å². The standard InChI is InChI=1S/C17H22N2O2/c20-17(18-14-8-4-5-9-14)19-15-10-11-21-16(12-15)13-6-2-1-3-7-13/h1-7,14-16H,8-12H2,(H2,18,19,20)/t15-,16+/m1/s1. The minimum atomic E-state index is -0.0533. The smallest absolute Gasteiger partial charge is 0.315 e. The summed E-state index contributed by atoms with van der Waals surface area (Å²) in [5.41, 5.74) is 1.18. The molecule has 1 heterocycles. The van der Waals surface area contributed by atoms with Gasteiger partial charge in [-0.15, -0.1) is 0 Å². The third kappa shape index (κ3) is 3.85. The molecule has 4 nitrogen and oxygen atoms in total. The second kappa shape index (κ2) is 6.76. The van der Waals surface area contributed by atoms with Crippen LogP contribution in [0.3, 0.4) is 0 Å². The van der Waals surface area contributed by atoms with Crippen LogP contribution < -0.4 is 10.6 Å². The van der Waals surface area contributed by atoms with E-state index >= 15 is 0 Å². The van der Waals surface area contributed by atoms with Gasteiger partial charge in [-0.1, -0.05) is 42.5 Å². The van der Waals surface area contributed by atoms with Crippen molar-refractivity contribution in [1.29, 1.82) is 0 Å². The highest BCUT2D eigenvalue weighted by atomic mass is 16.5. The van der Waals surface area contributed by atoms with Crippen LogP contribution in [0.5, 0.6) is 0 Å². The molecule has 1 saturated heterocycles. The van der Waals surface area contributed by atoms with E-state index in [1.165, 1.54) is 5.56 Å². The number of carbonyl (C=O) groups excluding carboxylic acids is 1. The summed E-state index contributed by atoms with van der Waals surface area (Å²) < 4.78 is 5.83. The van der Waals surface area contributed by atoms with Crippen molar-refractivity contribution in [1.82, 2.24) is 10.6 Å². The number of carbonyl (C=O) groups is 1. The fourth-order valence-corrected chi connectivity index (χ4v) is 2.98. The second-order valence-corrected chi connectivity index (χ2v) is 5.75. The molecule has 2 aliphatic rings. The first-order valence-electron chi connectivity index (χ1n) is 7.70. The number of ether oxygens (including phenoxy) is 1. The number of hydrogen-bond acceptors (Lipinski definition) is 2. The van der Waals surface area contributed by atoms with Gasteiger partial charge in [-0.3, -0.25) is 0 Å². The molecule has 4 heteroatoms. The number of hydrogen-bond donors (Lipinski definition) is 2. The zero-order chi connectivity index (χ0) is 14.5. The molecule has 2 amide bonds. The topological polar surface area (TPSA) is 50.4 Å². The molecule has 1 aliphatic carbocycles. The molecule has 1 aromatic rings. The first kappa shape index (κ1) is 14.1. The Bertz CT molecular complexity index is 493. The summed E-state index contributed by atoms with van der Waals surface area (Å²) in [7, 11) is 0. The summed E-state index contributed by atoms with van der Waals surface area (Å²) in [5, 5.41) is 6.12. The SMILES string of the molecule is O=C(NC1CC=CC1)N[C@@H]1CCO[C@H](c2ccccc2)C1. The Morgan fingerprint density at radius 3 is 2.52 bits per heavy atom. The Labute approximate surface area is 125 Å². The van der Waals surface area contributed by atoms with Crippen molar-refractivity contribution < 1.29 is 9.53 Å². The summed E-state index contributed by atoms with van der Waals surface area (Å²) in [5.74, 6) is 0. The average Bonchev–Trinajstić information content (AvgIpc) is 3.01. The molecule has 0 aromatic heterocycles. The fourth-order valence-electron chi connectivity index (χ4n) is 2.98. The molecule has 3 rings (SSSR count). The molecule has 1 fully saturated rings. The maximum Gasteiger partial charge on any atom is 0.315 e. The van der Waals surface area contributed by atoms with Crippen molar-refractivity contribution >= 4 is 6.03 Å². The van der Waals surface area contributed by atoms with Crippen LogP contribution in [0, 0.1) is 0 Å². The highest BCUT2D eigenvalue weighted by Gasteiger charge is 2.25. The van der Waals surface area contributed by atoms with E-state index in [0.29, 0.717) is 6.61 Å². The van der Waals surface area contributed by atoms with E-state index in [1.54, 1.807) is 0 Å². The number of nitrogens with one attached hydrogen (secondary N) is 2. The second-order valence-electron chi connectivity index (χ2n) is 5.75. The van der Waals surface area contributed by atoms with Crippen LogP contribution in [0.15, 0.2) is 42.5 Å². The van der Waals surface area contributed by atoms with Crippen molar-refractivity contribution in [2.24, 2.45) is 0 Å². The molecular weight excluding hydrogens is 264 g/mol. The van der Waals surface area contributed by atoms with E-state index in [4.69, 9.17) is 4.74 Å². The van der Waals surface area contributed by atoms with Crippen LogP contribution in [-0.2, 0) is 4.74 Å². The van der Waals surface area contributed by atoms with Gasteiger partial charge in [0.2, 0.25) is 0 Å².